The van der Waals surface area contributed by atoms with Gasteiger partial charge < -0.3 is 33.8 Å². The Balaban J connectivity index is 5.26. The molecule has 17 nitrogen and oxygen atoms in total. The third-order valence-corrected chi connectivity index (χ3v) is 20.8. The summed E-state index contributed by atoms with van der Waals surface area (Å²) in [6.07, 6.45) is 59.6. The van der Waals surface area contributed by atoms with Gasteiger partial charge in [0.1, 0.15) is 19.3 Å². The molecule has 0 rings (SSSR count). The summed E-state index contributed by atoms with van der Waals surface area (Å²) >= 11 is 0. The van der Waals surface area contributed by atoms with Crippen LogP contribution in [0.3, 0.4) is 0 Å². The fourth-order valence-electron chi connectivity index (χ4n) is 12.5. The quantitative estimate of drug-likeness (QED) is 0.0222. The van der Waals surface area contributed by atoms with Crippen LogP contribution in [0.1, 0.15) is 421 Å². The molecular formula is C81H158O17P2. The Morgan fingerprint density at radius 3 is 0.680 bits per heavy atom. The molecule has 0 radical (unpaired) electrons. The Labute approximate surface area is 613 Å². The highest BCUT2D eigenvalue weighted by Crippen LogP contribution is 2.45. The largest absolute Gasteiger partial charge is 0.472 e. The number of unbranched alkanes of at least 4 members (excludes halogenated alkanes) is 47. The van der Waals surface area contributed by atoms with E-state index < -0.39 is 97.5 Å². The Kier molecular flexibility index (Phi) is 69.9. The Hall–Kier alpha value is -1.94. The van der Waals surface area contributed by atoms with Gasteiger partial charge in [0.2, 0.25) is 0 Å². The van der Waals surface area contributed by atoms with Gasteiger partial charge in [-0.1, -0.05) is 370 Å². The number of aliphatic hydroxyl groups excluding tert-OH is 1. The van der Waals surface area contributed by atoms with Crippen LogP contribution in [0.25, 0.3) is 0 Å². The summed E-state index contributed by atoms with van der Waals surface area (Å²) in [6, 6.07) is 0. The van der Waals surface area contributed by atoms with E-state index in [1.165, 1.54) is 231 Å². The molecule has 0 bridgehead atoms. The molecule has 3 N–H and O–H groups in total. The molecule has 0 aromatic heterocycles. The van der Waals surface area contributed by atoms with E-state index in [1.807, 2.05) is 0 Å². The molecule has 0 aliphatic carbocycles. The number of carbonyl (C=O) groups excluding carboxylic acids is 4. The monoisotopic (exact) mass is 1470 g/mol. The number of ether oxygens (including phenoxy) is 4. The number of carbonyl (C=O) groups is 4. The van der Waals surface area contributed by atoms with Crippen molar-refractivity contribution < 1.29 is 80.2 Å². The maximum Gasteiger partial charge on any atom is 0.472 e. The molecule has 0 aliphatic heterocycles. The van der Waals surface area contributed by atoms with Crippen LogP contribution in [0.4, 0.5) is 0 Å². The fraction of sp³-hybridized carbons (Fsp3) is 0.951. The summed E-state index contributed by atoms with van der Waals surface area (Å²) in [5, 5.41) is 10.6. The summed E-state index contributed by atoms with van der Waals surface area (Å²) < 4.78 is 68.7. The first-order valence-electron chi connectivity index (χ1n) is 41.8. The predicted molar refractivity (Wildman–Crippen MR) is 409 cm³/mol. The summed E-state index contributed by atoms with van der Waals surface area (Å²) in [4.78, 5) is 73.1. The molecule has 0 saturated heterocycles. The van der Waals surface area contributed by atoms with Gasteiger partial charge >= 0.3 is 39.5 Å². The summed E-state index contributed by atoms with van der Waals surface area (Å²) in [5.74, 6) is 0.184. The third-order valence-electron chi connectivity index (χ3n) is 18.9. The summed E-state index contributed by atoms with van der Waals surface area (Å²) in [6.45, 7) is 11.9. The number of hydrogen-bond acceptors (Lipinski definition) is 15. The lowest BCUT2D eigenvalue weighted by molar-refractivity contribution is -0.161. The van der Waals surface area contributed by atoms with E-state index in [1.54, 1.807) is 0 Å². The van der Waals surface area contributed by atoms with Gasteiger partial charge in [-0.25, -0.2) is 9.13 Å². The topological polar surface area (TPSA) is 237 Å². The highest BCUT2D eigenvalue weighted by atomic mass is 31.2. The Morgan fingerprint density at radius 1 is 0.270 bits per heavy atom. The van der Waals surface area contributed by atoms with Crippen LogP contribution < -0.4 is 0 Å². The van der Waals surface area contributed by atoms with Crippen molar-refractivity contribution >= 4 is 39.5 Å². The van der Waals surface area contributed by atoms with E-state index in [0.29, 0.717) is 25.7 Å². The first kappa shape index (κ1) is 98.1. The second-order valence-electron chi connectivity index (χ2n) is 30.6. The molecule has 0 spiro atoms. The highest BCUT2D eigenvalue weighted by Gasteiger charge is 2.30. The standard InChI is InChI=1S/C81H158O17P2/c1-8-9-10-11-12-13-14-15-16-17-18-19-24-27-35-43-50-57-64-80(85)97-76(68-91-78(83)62-55-48-41-34-26-23-21-20-22-25-31-38-45-52-59-72(2)3)70-95-99(87,88)93-66-75(82)67-94-100(89,90)96-71-77(69-92-79(84)63-56-49-42-37-30-33-40-47-54-61-74(6)7)98-81(86)65-58-51-44-36-29-28-32-39-46-53-60-73(4)5/h72-77,82H,8-71H2,1-7H3,(H,87,88)(H,89,90)/t75-,76-,77-/m1/s1. The Bertz CT molecular complexity index is 1940. The molecule has 19 heteroatoms. The molecule has 100 heavy (non-hydrogen) atoms. The first-order chi connectivity index (χ1) is 48.2. The zero-order chi connectivity index (χ0) is 73.7. The van der Waals surface area contributed by atoms with Gasteiger partial charge in [-0.05, 0) is 43.4 Å². The second kappa shape index (κ2) is 71.3. The Morgan fingerprint density at radius 2 is 0.460 bits per heavy atom. The molecule has 0 aromatic rings. The normalized spacial score (nSPS) is 14.0. The molecular weight excluding hydrogens is 1310 g/mol. The number of esters is 4. The first-order valence-corrected chi connectivity index (χ1v) is 44.8. The summed E-state index contributed by atoms with van der Waals surface area (Å²) in [5.41, 5.74) is 0. The SMILES string of the molecule is CCCCCCCCCCCCCCCCCCCCC(=O)O[C@H](COC(=O)CCCCCCCCCCCCCCCCC(C)C)COP(=O)(O)OC[C@@H](O)COP(=O)(O)OC[C@@H](COC(=O)CCCCCCCCCCCC(C)C)OC(=O)CCCCCCCCCCCCC(C)C. The van der Waals surface area contributed by atoms with Gasteiger partial charge in [0.05, 0.1) is 26.4 Å². The van der Waals surface area contributed by atoms with Crippen LogP contribution >= 0.6 is 15.6 Å². The smallest absolute Gasteiger partial charge is 0.462 e. The van der Waals surface area contributed by atoms with Crippen LogP contribution in [0.2, 0.25) is 0 Å². The van der Waals surface area contributed by atoms with Crippen LogP contribution in [0, 0.1) is 17.8 Å². The highest BCUT2D eigenvalue weighted by molar-refractivity contribution is 7.47. The molecule has 0 amide bonds. The molecule has 5 atom stereocenters. The van der Waals surface area contributed by atoms with Gasteiger partial charge in [0.15, 0.2) is 12.2 Å². The van der Waals surface area contributed by atoms with E-state index >= 15 is 0 Å². The van der Waals surface area contributed by atoms with Crippen LogP contribution in [0.5, 0.6) is 0 Å². The molecule has 0 aromatic carbocycles. The minimum atomic E-state index is -4.96. The summed E-state index contributed by atoms with van der Waals surface area (Å²) in [7, 11) is -9.92. The molecule has 2 unspecified atom stereocenters. The van der Waals surface area contributed by atoms with Crippen molar-refractivity contribution in [1.29, 1.82) is 0 Å². The van der Waals surface area contributed by atoms with E-state index in [-0.39, 0.29) is 25.7 Å². The van der Waals surface area contributed by atoms with Gasteiger partial charge in [0.25, 0.3) is 0 Å². The maximum absolute atomic E-state index is 13.1. The van der Waals surface area contributed by atoms with Gasteiger partial charge in [0, 0.05) is 25.7 Å². The van der Waals surface area contributed by atoms with Crippen molar-refractivity contribution in [3.63, 3.8) is 0 Å². The zero-order valence-corrected chi connectivity index (χ0v) is 67.5. The average molecular weight is 1470 g/mol. The van der Waals surface area contributed by atoms with E-state index in [4.69, 9.17) is 37.0 Å². The van der Waals surface area contributed by atoms with Crippen molar-refractivity contribution in [2.24, 2.45) is 17.8 Å². The molecule has 594 valence electrons. The average Bonchev–Trinajstić information content (AvgIpc) is 0.952. The van der Waals surface area contributed by atoms with Gasteiger partial charge in [-0.15, -0.1) is 0 Å². The maximum atomic E-state index is 13.1. The lowest BCUT2D eigenvalue weighted by atomic mass is 10.0. The lowest BCUT2D eigenvalue weighted by Gasteiger charge is -2.21. The van der Waals surface area contributed by atoms with Crippen LogP contribution in [0.15, 0.2) is 0 Å². The molecule has 0 heterocycles. The fourth-order valence-corrected chi connectivity index (χ4v) is 14.1. The third kappa shape index (κ3) is 74.3. The lowest BCUT2D eigenvalue weighted by Crippen LogP contribution is -2.30. The van der Waals surface area contributed by atoms with E-state index in [2.05, 4.69) is 48.5 Å². The number of phosphoric ester groups is 2. The van der Waals surface area contributed by atoms with Crippen molar-refractivity contribution in [3.8, 4) is 0 Å². The van der Waals surface area contributed by atoms with Crippen molar-refractivity contribution in [2.45, 2.75) is 439 Å². The number of phosphoric acid groups is 2. The molecule has 0 aliphatic rings. The van der Waals surface area contributed by atoms with Crippen molar-refractivity contribution in [2.75, 3.05) is 39.6 Å². The predicted octanol–water partition coefficient (Wildman–Crippen LogP) is 24.1. The van der Waals surface area contributed by atoms with Crippen LogP contribution in [-0.4, -0.2) is 96.7 Å². The number of aliphatic hydroxyl groups is 1. The zero-order valence-electron chi connectivity index (χ0n) is 65.7. The number of hydrogen-bond donors (Lipinski definition) is 3. The minimum absolute atomic E-state index is 0.106. The van der Waals surface area contributed by atoms with Crippen molar-refractivity contribution in [1.82, 2.24) is 0 Å². The number of rotatable bonds is 79. The van der Waals surface area contributed by atoms with Crippen LogP contribution in [-0.2, 0) is 65.4 Å². The molecule has 0 saturated carbocycles. The van der Waals surface area contributed by atoms with Crippen molar-refractivity contribution in [3.05, 3.63) is 0 Å². The molecule has 0 fully saturated rings. The minimum Gasteiger partial charge on any atom is -0.462 e. The van der Waals surface area contributed by atoms with Gasteiger partial charge in [-0.3, -0.25) is 37.3 Å². The van der Waals surface area contributed by atoms with E-state index in [9.17, 15) is 43.2 Å². The van der Waals surface area contributed by atoms with Gasteiger partial charge in [-0.2, -0.15) is 0 Å². The van der Waals surface area contributed by atoms with E-state index in [0.717, 1.165) is 108 Å². The second-order valence-corrected chi connectivity index (χ2v) is 33.5.